The Hall–Kier alpha value is -3.53. The zero-order valence-electron chi connectivity index (χ0n) is 17.6. The van der Waals surface area contributed by atoms with E-state index in [4.69, 9.17) is 10.00 Å². The van der Waals surface area contributed by atoms with Gasteiger partial charge in [-0.25, -0.2) is 9.59 Å². The molecule has 2 aromatic rings. The summed E-state index contributed by atoms with van der Waals surface area (Å²) in [4.78, 5) is 24.8. The maximum Gasteiger partial charge on any atom is 0.333 e. The molecule has 7 nitrogen and oxygen atoms in total. The first kappa shape index (κ1) is 22.8. The molecule has 7 heteroatoms. The van der Waals surface area contributed by atoms with Crippen molar-refractivity contribution in [2.45, 2.75) is 39.7 Å². The summed E-state index contributed by atoms with van der Waals surface area (Å²) in [6.45, 7) is 6.56. The van der Waals surface area contributed by atoms with Gasteiger partial charge in [0.1, 0.15) is 0 Å². The number of aryl methyl sites for hydroxylation is 1. The average Bonchev–Trinajstić information content (AvgIpc) is 2.72. The standard InChI is InChI=1S/C23H28N4O3/c1-4-6-11-25-23(29)27-20-13-16(3)12-18(14-20)21(22(28)30-5-2)26-19-9-7-17(15-24)8-10-19/h7-10,12-14,21,26H,4-6,11H2,1-3H3,(H2,25,27,29). The molecular weight excluding hydrogens is 380 g/mol. The van der Waals surface area contributed by atoms with E-state index < -0.39 is 12.0 Å². The number of carbonyl (C=O) groups excluding carboxylic acids is 2. The lowest BCUT2D eigenvalue weighted by molar-refractivity contribution is -0.144. The first-order chi connectivity index (χ1) is 14.5. The number of anilines is 2. The minimum Gasteiger partial charge on any atom is -0.464 e. The number of amides is 2. The first-order valence-corrected chi connectivity index (χ1v) is 10.1. The lowest BCUT2D eigenvalue weighted by Gasteiger charge is -2.20. The van der Waals surface area contributed by atoms with Crippen LogP contribution in [0.1, 0.15) is 49.4 Å². The zero-order valence-corrected chi connectivity index (χ0v) is 17.6. The maximum atomic E-state index is 12.7. The van der Waals surface area contributed by atoms with Gasteiger partial charge in [0.2, 0.25) is 0 Å². The summed E-state index contributed by atoms with van der Waals surface area (Å²) in [7, 11) is 0. The molecule has 0 saturated carbocycles. The second kappa shape index (κ2) is 11.5. The van der Waals surface area contributed by atoms with Crippen LogP contribution in [0.3, 0.4) is 0 Å². The highest BCUT2D eigenvalue weighted by Crippen LogP contribution is 2.25. The van der Waals surface area contributed by atoms with Crippen LogP contribution in [0.4, 0.5) is 16.2 Å². The number of hydrogen-bond donors (Lipinski definition) is 3. The number of rotatable bonds is 9. The van der Waals surface area contributed by atoms with Gasteiger partial charge in [-0.15, -0.1) is 0 Å². The Morgan fingerprint density at radius 3 is 2.47 bits per heavy atom. The molecule has 0 aliphatic heterocycles. The van der Waals surface area contributed by atoms with Crippen molar-refractivity contribution >= 4 is 23.4 Å². The Morgan fingerprint density at radius 2 is 1.83 bits per heavy atom. The van der Waals surface area contributed by atoms with E-state index in [2.05, 4.69) is 28.9 Å². The first-order valence-electron chi connectivity index (χ1n) is 10.1. The second-order valence-corrected chi connectivity index (χ2v) is 6.89. The Kier molecular flexibility index (Phi) is 8.70. The van der Waals surface area contributed by atoms with Crippen LogP contribution in [0.25, 0.3) is 0 Å². The van der Waals surface area contributed by atoms with Crippen LogP contribution in [0, 0.1) is 18.3 Å². The van der Waals surface area contributed by atoms with Gasteiger partial charge in [-0.2, -0.15) is 5.26 Å². The van der Waals surface area contributed by atoms with Gasteiger partial charge in [-0.05, 0) is 67.8 Å². The average molecular weight is 409 g/mol. The van der Waals surface area contributed by atoms with Gasteiger partial charge in [-0.1, -0.05) is 19.4 Å². The lowest BCUT2D eigenvalue weighted by atomic mass is 10.0. The molecule has 0 saturated heterocycles. The summed E-state index contributed by atoms with van der Waals surface area (Å²) in [5.41, 5.74) is 3.37. The van der Waals surface area contributed by atoms with Crippen molar-refractivity contribution in [3.63, 3.8) is 0 Å². The van der Waals surface area contributed by atoms with E-state index in [1.807, 2.05) is 19.1 Å². The van der Waals surface area contributed by atoms with Gasteiger partial charge in [0.25, 0.3) is 0 Å². The highest BCUT2D eigenvalue weighted by Gasteiger charge is 2.23. The molecule has 0 fully saturated rings. The molecule has 0 aliphatic carbocycles. The quantitative estimate of drug-likeness (QED) is 0.419. The number of esters is 1. The number of nitriles is 1. The van der Waals surface area contributed by atoms with Crippen LogP contribution in [-0.2, 0) is 9.53 Å². The molecule has 2 amide bonds. The number of benzene rings is 2. The minimum atomic E-state index is -0.763. The zero-order chi connectivity index (χ0) is 21.9. The molecule has 0 spiro atoms. The number of nitrogens with one attached hydrogen (secondary N) is 3. The Bertz CT molecular complexity index is 904. The predicted octanol–water partition coefficient (Wildman–Crippen LogP) is 4.50. The predicted molar refractivity (Wildman–Crippen MR) is 117 cm³/mol. The summed E-state index contributed by atoms with van der Waals surface area (Å²) in [6, 6.07) is 13.3. The van der Waals surface area contributed by atoms with Crippen molar-refractivity contribution < 1.29 is 14.3 Å². The number of carbonyl (C=O) groups is 2. The molecule has 0 radical (unpaired) electrons. The fourth-order valence-corrected chi connectivity index (χ4v) is 2.92. The van der Waals surface area contributed by atoms with Gasteiger partial charge in [-0.3, -0.25) is 0 Å². The van der Waals surface area contributed by atoms with Crippen LogP contribution in [-0.4, -0.2) is 25.2 Å². The Balaban J connectivity index is 2.26. The number of urea groups is 1. The molecule has 0 aliphatic rings. The fraction of sp³-hybridized carbons (Fsp3) is 0.348. The molecule has 2 rings (SSSR count). The molecule has 0 heterocycles. The summed E-state index contributed by atoms with van der Waals surface area (Å²) in [5.74, 6) is -0.425. The summed E-state index contributed by atoms with van der Waals surface area (Å²) < 4.78 is 5.25. The SMILES string of the molecule is CCCCNC(=O)Nc1cc(C)cc(C(Nc2ccc(C#N)cc2)C(=O)OCC)c1. The van der Waals surface area contributed by atoms with Crippen molar-refractivity contribution in [1.29, 1.82) is 5.26 Å². The van der Waals surface area contributed by atoms with Crippen molar-refractivity contribution in [1.82, 2.24) is 5.32 Å². The van der Waals surface area contributed by atoms with Crippen molar-refractivity contribution in [2.24, 2.45) is 0 Å². The third-order valence-corrected chi connectivity index (χ3v) is 4.35. The summed E-state index contributed by atoms with van der Waals surface area (Å²) in [6.07, 6.45) is 1.91. The Morgan fingerprint density at radius 1 is 1.10 bits per heavy atom. The van der Waals surface area contributed by atoms with Crippen LogP contribution >= 0.6 is 0 Å². The third kappa shape index (κ3) is 6.82. The molecule has 3 N–H and O–H groups in total. The van der Waals surface area contributed by atoms with Crippen LogP contribution in [0.5, 0.6) is 0 Å². The van der Waals surface area contributed by atoms with Crippen LogP contribution < -0.4 is 16.0 Å². The fourth-order valence-electron chi connectivity index (χ4n) is 2.92. The van der Waals surface area contributed by atoms with E-state index in [-0.39, 0.29) is 12.6 Å². The molecule has 1 atom stereocenters. The van der Waals surface area contributed by atoms with E-state index in [0.717, 1.165) is 18.4 Å². The van der Waals surface area contributed by atoms with Gasteiger partial charge in [0, 0.05) is 17.9 Å². The van der Waals surface area contributed by atoms with E-state index in [0.29, 0.717) is 29.0 Å². The molecule has 0 aromatic heterocycles. The van der Waals surface area contributed by atoms with E-state index >= 15 is 0 Å². The number of unbranched alkanes of at least 4 members (excludes halogenated alkanes) is 1. The van der Waals surface area contributed by atoms with Gasteiger partial charge in [0.15, 0.2) is 6.04 Å². The van der Waals surface area contributed by atoms with Gasteiger partial charge in [0.05, 0.1) is 18.2 Å². The molecule has 0 bridgehead atoms. The number of nitrogens with zero attached hydrogens (tertiary/aromatic N) is 1. The third-order valence-electron chi connectivity index (χ3n) is 4.35. The lowest BCUT2D eigenvalue weighted by Crippen LogP contribution is -2.29. The van der Waals surface area contributed by atoms with Crippen molar-refractivity contribution in [3.05, 3.63) is 59.2 Å². The minimum absolute atomic E-state index is 0.251. The van der Waals surface area contributed by atoms with Crippen LogP contribution in [0.2, 0.25) is 0 Å². The molecule has 1 unspecified atom stereocenters. The van der Waals surface area contributed by atoms with Gasteiger partial charge >= 0.3 is 12.0 Å². The van der Waals surface area contributed by atoms with E-state index in [1.54, 1.807) is 37.3 Å². The topological polar surface area (TPSA) is 103 Å². The van der Waals surface area contributed by atoms with Crippen molar-refractivity contribution in [2.75, 3.05) is 23.8 Å². The van der Waals surface area contributed by atoms with Crippen LogP contribution in [0.15, 0.2) is 42.5 Å². The molecular formula is C23H28N4O3. The molecule has 158 valence electrons. The summed E-state index contributed by atoms with van der Waals surface area (Å²) in [5, 5.41) is 17.8. The maximum absolute atomic E-state index is 12.7. The van der Waals surface area contributed by atoms with Crippen molar-refractivity contribution in [3.8, 4) is 6.07 Å². The summed E-state index contributed by atoms with van der Waals surface area (Å²) >= 11 is 0. The number of ether oxygens (including phenoxy) is 1. The molecule has 2 aromatic carbocycles. The van der Waals surface area contributed by atoms with Gasteiger partial charge < -0.3 is 20.7 Å². The number of hydrogen-bond acceptors (Lipinski definition) is 5. The largest absolute Gasteiger partial charge is 0.464 e. The normalized spacial score (nSPS) is 11.1. The second-order valence-electron chi connectivity index (χ2n) is 6.89. The highest BCUT2D eigenvalue weighted by molar-refractivity contribution is 5.90. The van der Waals surface area contributed by atoms with E-state index in [9.17, 15) is 9.59 Å². The highest BCUT2D eigenvalue weighted by atomic mass is 16.5. The Labute approximate surface area is 177 Å². The van der Waals surface area contributed by atoms with E-state index in [1.165, 1.54) is 0 Å². The monoisotopic (exact) mass is 408 g/mol. The smallest absolute Gasteiger partial charge is 0.333 e. The molecule has 30 heavy (non-hydrogen) atoms.